The number of nitrogen functional groups attached to an aromatic ring is 2. The molecule has 0 aliphatic heterocycles. The minimum absolute atomic E-state index is 0.0394. The summed E-state index contributed by atoms with van der Waals surface area (Å²) in [4.78, 5) is 0. The summed E-state index contributed by atoms with van der Waals surface area (Å²) in [6.07, 6.45) is 0. The second-order valence-corrected chi connectivity index (χ2v) is 5.00. The van der Waals surface area contributed by atoms with Gasteiger partial charge in [0.25, 0.3) is 0 Å². The summed E-state index contributed by atoms with van der Waals surface area (Å²) in [7, 11) is 0. The van der Waals surface area contributed by atoms with Crippen molar-refractivity contribution in [3.8, 4) is 0 Å². The van der Waals surface area contributed by atoms with E-state index in [9.17, 15) is 4.39 Å². The van der Waals surface area contributed by atoms with Gasteiger partial charge in [-0.2, -0.15) is 0 Å². The number of nitrogens with two attached hydrogens (primary N) is 2. The predicted octanol–water partition coefficient (Wildman–Crippen LogP) is 4.69. The molecule has 19 heavy (non-hydrogen) atoms. The fourth-order valence-electron chi connectivity index (χ4n) is 1.51. The molecule has 0 aliphatic carbocycles. The van der Waals surface area contributed by atoms with Gasteiger partial charge in [0, 0.05) is 5.69 Å². The number of hydrogen-bond donors (Lipinski definition) is 3. The lowest BCUT2D eigenvalue weighted by Gasteiger charge is -2.13. The fourth-order valence-corrected chi connectivity index (χ4v) is 1.96. The average molecular weight is 321 g/mol. The lowest BCUT2D eigenvalue weighted by Crippen LogP contribution is -2.02. The minimum Gasteiger partial charge on any atom is -0.397 e. The fraction of sp³-hybridized carbons (Fsp3) is 0. The van der Waals surface area contributed by atoms with Crippen molar-refractivity contribution >= 4 is 57.6 Å². The Hall–Kier alpha value is -1.36. The molecule has 0 amide bonds. The standard InChI is InChI=1S/C12H9Cl3FN3/c13-6-2-1-5(3-7(6)14)19-12-9(18)4-8(17)10(15)11(12)16/h1-4,19H,17-18H2. The Morgan fingerprint density at radius 3 is 2.26 bits per heavy atom. The number of benzene rings is 2. The molecule has 0 saturated heterocycles. The summed E-state index contributed by atoms with van der Waals surface area (Å²) in [6.45, 7) is 0. The van der Waals surface area contributed by atoms with Crippen molar-refractivity contribution < 1.29 is 4.39 Å². The molecule has 0 bridgehead atoms. The van der Waals surface area contributed by atoms with Crippen LogP contribution >= 0.6 is 34.8 Å². The zero-order chi connectivity index (χ0) is 14.2. The highest BCUT2D eigenvalue weighted by Gasteiger charge is 2.14. The van der Waals surface area contributed by atoms with Crippen LogP contribution in [0.1, 0.15) is 0 Å². The molecule has 5 N–H and O–H groups in total. The molecular weight excluding hydrogens is 312 g/mol. The Kier molecular flexibility index (Phi) is 3.94. The van der Waals surface area contributed by atoms with E-state index in [1.54, 1.807) is 18.2 Å². The van der Waals surface area contributed by atoms with E-state index < -0.39 is 5.82 Å². The average Bonchev–Trinajstić information content (AvgIpc) is 2.36. The third kappa shape index (κ3) is 2.81. The Labute approximate surface area is 124 Å². The van der Waals surface area contributed by atoms with Gasteiger partial charge in [0.2, 0.25) is 0 Å². The number of nitrogens with one attached hydrogen (secondary N) is 1. The van der Waals surface area contributed by atoms with Crippen molar-refractivity contribution in [2.24, 2.45) is 0 Å². The van der Waals surface area contributed by atoms with Gasteiger partial charge in [0.1, 0.15) is 5.02 Å². The molecule has 0 atom stereocenters. The quantitative estimate of drug-likeness (QED) is 0.703. The number of anilines is 4. The maximum atomic E-state index is 14.0. The normalized spacial score (nSPS) is 10.5. The van der Waals surface area contributed by atoms with Crippen LogP contribution in [0.15, 0.2) is 24.3 Å². The summed E-state index contributed by atoms with van der Waals surface area (Å²) in [5, 5.41) is 3.35. The smallest absolute Gasteiger partial charge is 0.169 e. The Morgan fingerprint density at radius 1 is 0.947 bits per heavy atom. The molecule has 0 fully saturated rings. The molecule has 0 heterocycles. The highest BCUT2D eigenvalue weighted by Crippen LogP contribution is 2.36. The molecule has 100 valence electrons. The van der Waals surface area contributed by atoms with Crippen LogP contribution in [0.3, 0.4) is 0 Å². The second-order valence-electron chi connectivity index (χ2n) is 3.81. The Morgan fingerprint density at radius 2 is 1.63 bits per heavy atom. The van der Waals surface area contributed by atoms with Crippen molar-refractivity contribution in [2.45, 2.75) is 0 Å². The van der Waals surface area contributed by atoms with E-state index in [4.69, 9.17) is 46.3 Å². The van der Waals surface area contributed by atoms with Gasteiger partial charge in [-0.25, -0.2) is 4.39 Å². The molecule has 2 rings (SSSR count). The number of halogens is 4. The van der Waals surface area contributed by atoms with E-state index in [1.165, 1.54) is 6.07 Å². The van der Waals surface area contributed by atoms with Gasteiger partial charge in [-0.05, 0) is 24.3 Å². The molecule has 3 nitrogen and oxygen atoms in total. The van der Waals surface area contributed by atoms with Crippen LogP contribution in [0.4, 0.5) is 27.1 Å². The van der Waals surface area contributed by atoms with Gasteiger partial charge in [-0.15, -0.1) is 0 Å². The summed E-state index contributed by atoms with van der Waals surface area (Å²) in [5.74, 6) is -0.717. The van der Waals surface area contributed by atoms with E-state index >= 15 is 0 Å². The zero-order valence-electron chi connectivity index (χ0n) is 9.48. The van der Waals surface area contributed by atoms with Crippen molar-refractivity contribution in [3.05, 3.63) is 45.2 Å². The second kappa shape index (κ2) is 5.33. The largest absolute Gasteiger partial charge is 0.397 e. The first-order valence-electron chi connectivity index (χ1n) is 5.15. The van der Waals surface area contributed by atoms with E-state index in [-0.39, 0.29) is 22.1 Å². The predicted molar refractivity (Wildman–Crippen MR) is 80.0 cm³/mol. The third-order valence-corrected chi connectivity index (χ3v) is 3.58. The lowest BCUT2D eigenvalue weighted by molar-refractivity contribution is 0.633. The van der Waals surface area contributed by atoms with Gasteiger partial charge >= 0.3 is 0 Å². The van der Waals surface area contributed by atoms with E-state index in [0.29, 0.717) is 15.7 Å². The molecule has 0 saturated carbocycles. The molecule has 0 spiro atoms. The van der Waals surface area contributed by atoms with Gasteiger partial charge < -0.3 is 16.8 Å². The van der Waals surface area contributed by atoms with Crippen LogP contribution in [-0.2, 0) is 0 Å². The maximum absolute atomic E-state index is 14.0. The first kappa shape index (κ1) is 14.1. The van der Waals surface area contributed by atoms with Crippen LogP contribution in [0.5, 0.6) is 0 Å². The Balaban J connectivity index is 2.43. The SMILES string of the molecule is Nc1cc(N)c(Nc2ccc(Cl)c(Cl)c2)c(F)c1Cl. The van der Waals surface area contributed by atoms with Crippen molar-refractivity contribution in [2.75, 3.05) is 16.8 Å². The molecule has 0 aromatic heterocycles. The lowest BCUT2D eigenvalue weighted by atomic mass is 10.2. The number of rotatable bonds is 2. The summed E-state index contributed by atoms with van der Waals surface area (Å²) in [6, 6.07) is 6.15. The first-order valence-corrected chi connectivity index (χ1v) is 6.28. The van der Waals surface area contributed by atoms with Gasteiger partial charge in [-0.1, -0.05) is 34.8 Å². The monoisotopic (exact) mass is 319 g/mol. The van der Waals surface area contributed by atoms with Crippen molar-refractivity contribution in [3.63, 3.8) is 0 Å². The molecule has 2 aromatic carbocycles. The van der Waals surface area contributed by atoms with Gasteiger partial charge in [0.15, 0.2) is 5.82 Å². The van der Waals surface area contributed by atoms with Crippen LogP contribution in [0, 0.1) is 5.82 Å². The van der Waals surface area contributed by atoms with E-state index in [2.05, 4.69) is 5.32 Å². The minimum atomic E-state index is -0.717. The molecule has 0 aliphatic rings. The summed E-state index contributed by atoms with van der Waals surface area (Å²) in [5.41, 5.74) is 12.0. The van der Waals surface area contributed by atoms with Crippen LogP contribution in [0.25, 0.3) is 0 Å². The molecule has 0 radical (unpaired) electrons. The summed E-state index contributed by atoms with van der Waals surface area (Å²) >= 11 is 17.4. The third-order valence-electron chi connectivity index (χ3n) is 2.45. The van der Waals surface area contributed by atoms with E-state index in [1.807, 2.05) is 0 Å². The maximum Gasteiger partial charge on any atom is 0.169 e. The summed E-state index contributed by atoms with van der Waals surface area (Å²) < 4.78 is 14.0. The van der Waals surface area contributed by atoms with Gasteiger partial charge in [0.05, 0.1) is 27.1 Å². The highest BCUT2D eigenvalue weighted by atomic mass is 35.5. The molecular formula is C12H9Cl3FN3. The van der Waals surface area contributed by atoms with Gasteiger partial charge in [-0.3, -0.25) is 0 Å². The highest BCUT2D eigenvalue weighted by molar-refractivity contribution is 6.42. The Bertz CT molecular complexity index is 647. The van der Waals surface area contributed by atoms with Crippen LogP contribution in [0.2, 0.25) is 15.1 Å². The molecule has 7 heteroatoms. The number of hydrogen-bond acceptors (Lipinski definition) is 3. The zero-order valence-corrected chi connectivity index (χ0v) is 11.7. The van der Waals surface area contributed by atoms with Crippen LogP contribution in [-0.4, -0.2) is 0 Å². The van der Waals surface area contributed by atoms with Crippen LogP contribution < -0.4 is 16.8 Å². The molecule has 2 aromatic rings. The van der Waals surface area contributed by atoms with E-state index in [0.717, 1.165) is 0 Å². The van der Waals surface area contributed by atoms with Crippen molar-refractivity contribution in [1.82, 2.24) is 0 Å². The topological polar surface area (TPSA) is 64.1 Å². The van der Waals surface area contributed by atoms with Crippen molar-refractivity contribution in [1.29, 1.82) is 0 Å². The first-order chi connectivity index (χ1) is 8.90. The molecule has 0 unspecified atom stereocenters.